The summed E-state index contributed by atoms with van der Waals surface area (Å²) < 4.78 is 39.3. The average molecular weight is 268 g/mol. The molecule has 2 aromatic rings. The van der Waals surface area contributed by atoms with E-state index in [0.29, 0.717) is 11.2 Å². The summed E-state index contributed by atoms with van der Waals surface area (Å²) in [5.74, 6) is -2.55. The van der Waals surface area contributed by atoms with Crippen LogP contribution < -0.4 is 0 Å². The summed E-state index contributed by atoms with van der Waals surface area (Å²) in [4.78, 5) is 11.2. The number of carbonyl (C=O) groups excluding carboxylic acids is 1. The number of benzene rings is 2. The van der Waals surface area contributed by atoms with E-state index in [1.54, 1.807) is 0 Å². The minimum absolute atomic E-state index is 0.0958. The van der Waals surface area contributed by atoms with E-state index in [9.17, 15) is 18.0 Å². The maximum absolute atomic E-state index is 13.6. The topological polar surface area (TPSA) is 17.1 Å². The second kappa shape index (κ2) is 5.27. The van der Waals surface area contributed by atoms with Gasteiger partial charge in [0.25, 0.3) is 0 Å². The Morgan fingerprint density at radius 2 is 1.72 bits per heavy atom. The van der Waals surface area contributed by atoms with Crippen LogP contribution in [0.3, 0.4) is 0 Å². The van der Waals surface area contributed by atoms with Crippen LogP contribution in [0.5, 0.6) is 0 Å². The van der Waals surface area contributed by atoms with Crippen LogP contribution in [0.1, 0.15) is 10.4 Å². The van der Waals surface area contributed by atoms with Crippen LogP contribution in [-0.4, -0.2) is 6.29 Å². The first-order chi connectivity index (χ1) is 8.61. The Kier molecular flexibility index (Phi) is 3.72. The minimum atomic E-state index is -1.01. The average Bonchev–Trinajstić information content (AvgIpc) is 2.36. The summed E-state index contributed by atoms with van der Waals surface area (Å²) in [5, 5.41) is 0. The van der Waals surface area contributed by atoms with E-state index in [0.717, 1.165) is 23.9 Å². The van der Waals surface area contributed by atoms with Crippen LogP contribution in [0.25, 0.3) is 0 Å². The summed E-state index contributed by atoms with van der Waals surface area (Å²) in [7, 11) is 0. The normalized spacial score (nSPS) is 10.4. The van der Waals surface area contributed by atoms with Gasteiger partial charge in [-0.2, -0.15) is 0 Å². The Bertz CT molecular complexity index is 599. The van der Waals surface area contributed by atoms with Crippen LogP contribution in [0.2, 0.25) is 0 Å². The van der Waals surface area contributed by atoms with Crippen LogP contribution in [0.15, 0.2) is 46.2 Å². The lowest BCUT2D eigenvalue weighted by molar-refractivity contribution is 0.112. The van der Waals surface area contributed by atoms with Gasteiger partial charge in [0.05, 0.1) is 4.90 Å². The zero-order chi connectivity index (χ0) is 13.1. The Balaban J connectivity index is 2.39. The first-order valence-corrected chi connectivity index (χ1v) is 5.80. The van der Waals surface area contributed by atoms with E-state index in [1.807, 2.05) is 0 Å². The van der Waals surface area contributed by atoms with Gasteiger partial charge in [-0.25, -0.2) is 13.2 Å². The zero-order valence-electron chi connectivity index (χ0n) is 8.99. The highest BCUT2D eigenvalue weighted by Crippen LogP contribution is 2.32. The molecule has 1 nitrogen and oxygen atoms in total. The monoisotopic (exact) mass is 268 g/mol. The van der Waals surface area contributed by atoms with E-state index in [4.69, 9.17) is 0 Å². The Labute approximate surface area is 106 Å². The SMILES string of the molecule is O=Cc1cccc(F)c1Sc1ccc(F)c(F)c1. The van der Waals surface area contributed by atoms with Crippen LogP contribution in [0.4, 0.5) is 13.2 Å². The van der Waals surface area contributed by atoms with Crippen molar-refractivity contribution in [3.05, 3.63) is 59.4 Å². The first kappa shape index (κ1) is 12.7. The number of hydrogen-bond acceptors (Lipinski definition) is 2. The molecule has 0 aromatic heterocycles. The highest BCUT2D eigenvalue weighted by atomic mass is 32.2. The van der Waals surface area contributed by atoms with Gasteiger partial charge in [-0.1, -0.05) is 23.9 Å². The summed E-state index contributed by atoms with van der Waals surface area (Å²) in [6, 6.07) is 7.31. The maximum atomic E-state index is 13.6. The van der Waals surface area contributed by atoms with Gasteiger partial charge in [0.1, 0.15) is 5.82 Å². The number of aldehydes is 1. The minimum Gasteiger partial charge on any atom is -0.298 e. The molecule has 0 bridgehead atoms. The second-order valence-corrected chi connectivity index (χ2v) is 4.54. The first-order valence-electron chi connectivity index (χ1n) is 4.98. The third-order valence-corrected chi connectivity index (χ3v) is 3.36. The van der Waals surface area contributed by atoms with E-state index >= 15 is 0 Å². The molecule has 18 heavy (non-hydrogen) atoms. The second-order valence-electron chi connectivity index (χ2n) is 3.45. The quantitative estimate of drug-likeness (QED) is 0.781. The van der Waals surface area contributed by atoms with Crippen molar-refractivity contribution in [2.75, 3.05) is 0 Å². The fourth-order valence-electron chi connectivity index (χ4n) is 1.38. The Hall–Kier alpha value is -1.75. The van der Waals surface area contributed by atoms with Crippen molar-refractivity contribution in [3.63, 3.8) is 0 Å². The van der Waals surface area contributed by atoms with E-state index in [-0.39, 0.29) is 10.5 Å². The van der Waals surface area contributed by atoms with Crippen LogP contribution in [0, 0.1) is 17.5 Å². The fourth-order valence-corrected chi connectivity index (χ4v) is 2.32. The molecular formula is C13H7F3OS. The predicted octanol–water partition coefficient (Wildman–Crippen LogP) is 4.07. The van der Waals surface area contributed by atoms with Gasteiger partial charge in [0.15, 0.2) is 17.9 Å². The molecule has 5 heteroatoms. The predicted molar refractivity (Wildman–Crippen MR) is 62.3 cm³/mol. The number of carbonyl (C=O) groups is 1. The molecule has 92 valence electrons. The van der Waals surface area contributed by atoms with Gasteiger partial charge in [-0.05, 0) is 24.3 Å². The van der Waals surface area contributed by atoms with E-state index in [2.05, 4.69) is 0 Å². The number of hydrogen-bond donors (Lipinski definition) is 0. The molecule has 0 aliphatic heterocycles. The molecule has 0 heterocycles. The third kappa shape index (κ3) is 2.56. The van der Waals surface area contributed by atoms with Crippen LogP contribution >= 0.6 is 11.8 Å². The third-order valence-electron chi connectivity index (χ3n) is 2.24. The van der Waals surface area contributed by atoms with Crippen molar-refractivity contribution in [1.29, 1.82) is 0 Å². The molecule has 2 rings (SSSR count). The van der Waals surface area contributed by atoms with Gasteiger partial charge in [0.2, 0.25) is 0 Å². The highest BCUT2D eigenvalue weighted by Gasteiger charge is 2.11. The zero-order valence-corrected chi connectivity index (χ0v) is 9.81. The molecule has 2 aromatic carbocycles. The van der Waals surface area contributed by atoms with Gasteiger partial charge >= 0.3 is 0 Å². The maximum Gasteiger partial charge on any atom is 0.159 e. The van der Waals surface area contributed by atoms with E-state index < -0.39 is 17.5 Å². The smallest absolute Gasteiger partial charge is 0.159 e. The van der Waals surface area contributed by atoms with Gasteiger partial charge in [-0.15, -0.1) is 0 Å². The standard InChI is InChI=1S/C13H7F3OS/c14-10-5-4-9(6-12(10)16)18-13-8(7-17)2-1-3-11(13)15/h1-7H. The lowest BCUT2D eigenvalue weighted by atomic mass is 10.2. The van der Waals surface area contributed by atoms with Crippen molar-refractivity contribution >= 4 is 18.0 Å². The van der Waals surface area contributed by atoms with E-state index in [1.165, 1.54) is 24.3 Å². The summed E-state index contributed by atoms with van der Waals surface area (Å²) >= 11 is 0.875. The molecule has 0 radical (unpaired) electrons. The lowest BCUT2D eigenvalue weighted by Crippen LogP contribution is -1.90. The molecule has 0 unspecified atom stereocenters. The molecule has 0 aliphatic rings. The molecule has 0 saturated heterocycles. The molecule has 0 amide bonds. The summed E-state index contributed by atoms with van der Waals surface area (Å²) in [5.41, 5.74) is 0.171. The van der Waals surface area contributed by atoms with Crippen molar-refractivity contribution in [3.8, 4) is 0 Å². The Morgan fingerprint density at radius 1 is 0.944 bits per heavy atom. The Morgan fingerprint density at radius 3 is 2.39 bits per heavy atom. The van der Waals surface area contributed by atoms with Gasteiger partial charge < -0.3 is 0 Å². The van der Waals surface area contributed by atoms with Crippen molar-refractivity contribution in [2.45, 2.75) is 9.79 Å². The molecular weight excluding hydrogens is 261 g/mol. The van der Waals surface area contributed by atoms with Crippen LogP contribution in [-0.2, 0) is 0 Å². The molecule has 0 aliphatic carbocycles. The molecule has 0 saturated carbocycles. The highest BCUT2D eigenvalue weighted by molar-refractivity contribution is 7.99. The van der Waals surface area contributed by atoms with Crippen molar-refractivity contribution < 1.29 is 18.0 Å². The number of halogens is 3. The van der Waals surface area contributed by atoms with Crippen molar-refractivity contribution in [2.24, 2.45) is 0 Å². The lowest BCUT2D eigenvalue weighted by Gasteiger charge is -2.06. The summed E-state index contributed by atoms with van der Waals surface area (Å²) in [6.07, 6.45) is 0.519. The molecule has 0 fully saturated rings. The fraction of sp³-hybridized carbons (Fsp3) is 0. The summed E-state index contributed by atoms with van der Waals surface area (Å²) in [6.45, 7) is 0. The van der Waals surface area contributed by atoms with Crippen molar-refractivity contribution in [1.82, 2.24) is 0 Å². The molecule has 0 spiro atoms. The molecule has 0 atom stereocenters. The van der Waals surface area contributed by atoms with Gasteiger partial charge in [-0.3, -0.25) is 4.79 Å². The molecule has 0 N–H and O–H groups in total. The van der Waals surface area contributed by atoms with Gasteiger partial charge in [0, 0.05) is 10.5 Å². The number of rotatable bonds is 3. The largest absolute Gasteiger partial charge is 0.298 e.